The van der Waals surface area contributed by atoms with Crippen molar-refractivity contribution in [2.45, 2.75) is 26.3 Å². The van der Waals surface area contributed by atoms with Crippen LogP contribution in [0.4, 0.5) is 11.9 Å². The molecule has 2 aromatic rings. The van der Waals surface area contributed by atoms with Gasteiger partial charge in [-0.2, -0.15) is 4.98 Å². The monoisotopic (exact) mass is 257 g/mol. The molecular formula is C14H19N5. The van der Waals surface area contributed by atoms with E-state index in [1.165, 1.54) is 11.9 Å². The topological polar surface area (TPSA) is 76.7 Å². The summed E-state index contributed by atoms with van der Waals surface area (Å²) in [4.78, 5) is 11.9. The lowest BCUT2D eigenvalue weighted by Gasteiger charge is -2.21. The summed E-state index contributed by atoms with van der Waals surface area (Å²) in [5, 5.41) is 3.26. The normalized spacial score (nSPS) is 13.8. The number of nitrogens with zero attached hydrogens (tertiary/aromatic N) is 3. The van der Waals surface area contributed by atoms with Crippen LogP contribution in [0.15, 0.2) is 36.7 Å². The first-order chi connectivity index (χ1) is 9.15. The number of aromatic nitrogens is 3. The van der Waals surface area contributed by atoms with Crippen LogP contribution < -0.4 is 11.1 Å². The quantitative estimate of drug-likeness (QED) is 0.858. The number of hydrogen-bond donors (Lipinski definition) is 2. The second-order valence-corrected chi connectivity index (χ2v) is 4.77. The minimum atomic E-state index is 0.236. The van der Waals surface area contributed by atoms with Crippen molar-refractivity contribution in [1.82, 2.24) is 15.0 Å². The van der Waals surface area contributed by atoms with Gasteiger partial charge >= 0.3 is 0 Å². The third kappa shape index (κ3) is 3.91. The summed E-state index contributed by atoms with van der Waals surface area (Å²) in [6.07, 6.45) is 2.43. The molecule has 2 rings (SSSR count). The zero-order valence-electron chi connectivity index (χ0n) is 11.2. The Morgan fingerprint density at radius 1 is 1.16 bits per heavy atom. The van der Waals surface area contributed by atoms with Crippen molar-refractivity contribution < 1.29 is 0 Å². The molecule has 2 unspecified atom stereocenters. The van der Waals surface area contributed by atoms with Crippen LogP contribution in [0.2, 0.25) is 0 Å². The largest absolute Gasteiger partial charge is 0.368 e. The van der Waals surface area contributed by atoms with E-state index >= 15 is 0 Å². The van der Waals surface area contributed by atoms with Gasteiger partial charge in [0.05, 0.1) is 0 Å². The molecule has 1 heterocycles. The van der Waals surface area contributed by atoms with Crippen LogP contribution in [0, 0.1) is 5.92 Å². The maximum absolute atomic E-state index is 5.53. The van der Waals surface area contributed by atoms with E-state index in [0.717, 1.165) is 6.42 Å². The molecule has 0 saturated carbocycles. The Labute approximate surface area is 113 Å². The van der Waals surface area contributed by atoms with Crippen LogP contribution in [0.25, 0.3) is 0 Å². The molecule has 0 aliphatic heterocycles. The highest BCUT2D eigenvalue weighted by Crippen LogP contribution is 2.14. The van der Waals surface area contributed by atoms with Crippen molar-refractivity contribution in [2.75, 3.05) is 11.1 Å². The fourth-order valence-corrected chi connectivity index (χ4v) is 1.89. The van der Waals surface area contributed by atoms with E-state index < -0.39 is 0 Å². The van der Waals surface area contributed by atoms with E-state index in [0.29, 0.717) is 11.9 Å². The lowest BCUT2D eigenvalue weighted by molar-refractivity contribution is 0.505. The van der Waals surface area contributed by atoms with Gasteiger partial charge < -0.3 is 11.1 Å². The summed E-state index contributed by atoms with van der Waals surface area (Å²) >= 11 is 0. The maximum atomic E-state index is 5.53. The molecule has 19 heavy (non-hydrogen) atoms. The molecule has 0 saturated heterocycles. The molecule has 1 aromatic carbocycles. The summed E-state index contributed by atoms with van der Waals surface area (Å²) in [7, 11) is 0. The highest BCUT2D eigenvalue weighted by atomic mass is 15.2. The number of benzene rings is 1. The lowest BCUT2D eigenvalue weighted by Crippen LogP contribution is -2.26. The second kappa shape index (κ2) is 6.13. The molecule has 0 bridgehead atoms. The summed E-state index contributed by atoms with van der Waals surface area (Å²) in [5.41, 5.74) is 6.86. The molecule has 1 aromatic heterocycles. The minimum absolute atomic E-state index is 0.236. The first-order valence-corrected chi connectivity index (χ1v) is 6.40. The molecule has 0 amide bonds. The molecule has 2 atom stereocenters. The molecule has 0 radical (unpaired) electrons. The molecule has 0 aliphatic carbocycles. The fraction of sp³-hybridized carbons (Fsp3) is 0.357. The van der Waals surface area contributed by atoms with E-state index in [9.17, 15) is 0 Å². The van der Waals surface area contributed by atoms with E-state index in [1.807, 2.05) is 6.07 Å². The standard InChI is InChI=1S/C14H19N5/c1-10(8-12-6-4-3-5-7-12)11(2)18-14-17-9-16-13(15)19-14/h3-7,9-11H,8H2,1-2H3,(H3,15,16,17,18,19). The summed E-state index contributed by atoms with van der Waals surface area (Å²) in [6, 6.07) is 10.7. The average Bonchev–Trinajstić information content (AvgIpc) is 2.40. The number of hydrogen-bond acceptors (Lipinski definition) is 5. The highest BCUT2D eigenvalue weighted by molar-refractivity contribution is 5.30. The molecule has 0 aliphatic rings. The van der Waals surface area contributed by atoms with Crippen LogP contribution in [0.3, 0.4) is 0 Å². The molecule has 0 fully saturated rings. The van der Waals surface area contributed by atoms with Crippen molar-refractivity contribution in [1.29, 1.82) is 0 Å². The van der Waals surface area contributed by atoms with Crippen molar-refractivity contribution in [3.8, 4) is 0 Å². The van der Waals surface area contributed by atoms with E-state index in [-0.39, 0.29) is 12.0 Å². The minimum Gasteiger partial charge on any atom is -0.368 e. The molecule has 5 heteroatoms. The SMILES string of the molecule is CC(Cc1ccccc1)C(C)Nc1ncnc(N)n1. The van der Waals surface area contributed by atoms with Gasteiger partial charge in [-0.25, -0.2) is 9.97 Å². The third-order valence-electron chi connectivity index (χ3n) is 3.20. The van der Waals surface area contributed by atoms with Gasteiger partial charge in [0.15, 0.2) is 0 Å². The average molecular weight is 257 g/mol. The lowest BCUT2D eigenvalue weighted by atomic mass is 9.95. The van der Waals surface area contributed by atoms with Crippen LogP contribution in [-0.2, 0) is 6.42 Å². The molecule has 100 valence electrons. The Balaban J connectivity index is 1.94. The summed E-state index contributed by atoms with van der Waals surface area (Å²) in [5.74, 6) is 1.22. The number of nitrogen functional groups attached to an aromatic ring is 1. The van der Waals surface area contributed by atoms with Gasteiger partial charge in [0.25, 0.3) is 0 Å². The maximum Gasteiger partial charge on any atom is 0.227 e. The van der Waals surface area contributed by atoms with Crippen LogP contribution in [-0.4, -0.2) is 21.0 Å². The predicted octanol–water partition coefficient (Wildman–Crippen LogP) is 2.13. The zero-order chi connectivity index (χ0) is 13.7. The number of nitrogens with one attached hydrogen (secondary N) is 1. The van der Waals surface area contributed by atoms with Crippen molar-refractivity contribution in [3.63, 3.8) is 0 Å². The second-order valence-electron chi connectivity index (χ2n) is 4.77. The van der Waals surface area contributed by atoms with Gasteiger partial charge in [0, 0.05) is 6.04 Å². The van der Waals surface area contributed by atoms with E-state index in [2.05, 4.69) is 58.4 Å². The Hall–Kier alpha value is -2.17. The first-order valence-electron chi connectivity index (χ1n) is 6.40. The van der Waals surface area contributed by atoms with Gasteiger partial charge in [0.2, 0.25) is 11.9 Å². The third-order valence-corrected chi connectivity index (χ3v) is 3.20. The van der Waals surface area contributed by atoms with E-state index in [1.54, 1.807) is 0 Å². The molecular weight excluding hydrogens is 238 g/mol. The van der Waals surface area contributed by atoms with Gasteiger partial charge in [-0.1, -0.05) is 37.3 Å². The van der Waals surface area contributed by atoms with Gasteiger partial charge in [0.1, 0.15) is 6.33 Å². The van der Waals surface area contributed by atoms with Crippen LogP contribution in [0.1, 0.15) is 19.4 Å². The number of nitrogens with two attached hydrogens (primary N) is 1. The highest BCUT2D eigenvalue weighted by Gasteiger charge is 2.13. The fourth-order valence-electron chi connectivity index (χ4n) is 1.89. The van der Waals surface area contributed by atoms with Gasteiger partial charge in [-0.3, -0.25) is 0 Å². The Kier molecular flexibility index (Phi) is 4.28. The predicted molar refractivity (Wildman–Crippen MR) is 76.6 cm³/mol. The Bertz CT molecular complexity index is 514. The Morgan fingerprint density at radius 2 is 1.89 bits per heavy atom. The number of anilines is 2. The Morgan fingerprint density at radius 3 is 2.58 bits per heavy atom. The first kappa shape index (κ1) is 13.3. The molecule has 0 spiro atoms. The summed E-state index contributed by atoms with van der Waals surface area (Å²) in [6.45, 7) is 4.32. The smallest absolute Gasteiger partial charge is 0.227 e. The van der Waals surface area contributed by atoms with E-state index in [4.69, 9.17) is 5.73 Å². The number of rotatable bonds is 5. The van der Waals surface area contributed by atoms with Crippen LogP contribution >= 0.6 is 0 Å². The van der Waals surface area contributed by atoms with Crippen molar-refractivity contribution >= 4 is 11.9 Å². The summed E-state index contributed by atoms with van der Waals surface area (Å²) < 4.78 is 0. The zero-order valence-corrected chi connectivity index (χ0v) is 11.2. The van der Waals surface area contributed by atoms with Crippen LogP contribution in [0.5, 0.6) is 0 Å². The molecule has 3 N–H and O–H groups in total. The van der Waals surface area contributed by atoms with Gasteiger partial charge in [-0.05, 0) is 24.8 Å². The van der Waals surface area contributed by atoms with Gasteiger partial charge in [-0.15, -0.1) is 0 Å². The van der Waals surface area contributed by atoms with Crippen molar-refractivity contribution in [2.24, 2.45) is 5.92 Å². The molecule has 5 nitrogen and oxygen atoms in total. The van der Waals surface area contributed by atoms with Crippen molar-refractivity contribution in [3.05, 3.63) is 42.2 Å².